The topological polar surface area (TPSA) is 24.8 Å². The van der Waals surface area contributed by atoms with E-state index in [0.717, 1.165) is 19.5 Å². The van der Waals surface area contributed by atoms with Crippen LogP contribution in [0.3, 0.4) is 0 Å². The van der Waals surface area contributed by atoms with Crippen LogP contribution in [0.1, 0.15) is 6.42 Å². The number of nitrogens with zero attached hydrogens (tertiary/aromatic N) is 2. The maximum atomic E-state index is 13.2. The normalized spacial score (nSPS) is 33.1. The summed E-state index contributed by atoms with van der Waals surface area (Å²) in [6, 6.07) is 0. The highest BCUT2D eigenvalue weighted by atomic mass is 19.1. The van der Waals surface area contributed by atoms with E-state index in [4.69, 9.17) is 0 Å². The summed E-state index contributed by atoms with van der Waals surface area (Å²) in [6.45, 7) is 2.82. The van der Waals surface area contributed by atoms with Gasteiger partial charge in [-0.1, -0.05) is 11.2 Å². The second-order valence-electron chi connectivity index (χ2n) is 3.54. The van der Waals surface area contributed by atoms with Crippen molar-refractivity contribution >= 4 is 5.97 Å². The number of hydrogen-bond donors (Lipinski definition) is 0. The zero-order valence-electron chi connectivity index (χ0n) is 7.66. The Morgan fingerprint density at radius 3 is 3.31 bits per heavy atom. The zero-order valence-corrected chi connectivity index (χ0v) is 7.66. The molecule has 72 valence electrons. The van der Waals surface area contributed by atoms with Gasteiger partial charge in [-0.15, -0.1) is 0 Å². The Morgan fingerprint density at radius 1 is 1.77 bits per heavy atom. The fraction of sp³-hybridized carbons (Fsp3) is 0.667. The van der Waals surface area contributed by atoms with E-state index < -0.39 is 5.97 Å². The van der Waals surface area contributed by atoms with Gasteiger partial charge in [-0.3, -0.25) is 4.90 Å². The van der Waals surface area contributed by atoms with Gasteiger partial charge in [0.1, 0.15) is 7.11 Å². The van der Waals surface area contributed by atoms with E-state index in [9.17, 15) is 4.39 Å². The van der Waals surface area contributed by atoms with Crippen LogP contribution in [0.5, 0.6) is 0 Å². The Bertz CT molecular complexity index is 262. The molecule has 0 radical (unpaired) electrons. The van der Waals surface area contributed by atoms with Crippen molar-refractivity contribution in [2.24, 2.45) is 11.1 Å². The molecule has 2 heterocycles. The Kier molecular flexibility index (Phi) is 2.31. The van der Waals surface area contributed by atoms with E-state index in [1.807, 2.05) is 6.08 Å². The van der Waals surface area contributed by atoms with Gasteiger partial charge in [-0.25, -0.2) is 0 Å². The van der Waals surface area contributed by atoms with Crippen LogP contribution >= 0.6 is 0 Å². The van der Waals surface area contributed by atoms with Crippen LogP contribution in [-0.4, -0.2) is 37.6 Å². The van der Waals surface area contributed by atoms with Gasteiger partial charge in [-0.05, 0) is 18.9 Å². The van der Waals surface area contributed by atoms with E-state index in [0.29, 0.717) is 18.0 Å². The minimum absolute atomic E-state index is 0.473. The summed E-state index contributed by atoms with van der Waals surface area (Å²) in [7, 11) is 1.36. The molecule has 13 heavy (non-hydrogen) atoms. The third kappa shape index (κ3) is 1.72. The molecule has 2 bridgehead atoms. The third-order valence-electron chi connectivity index (χ3n) is 2.58. The van der Waals surface area contributed by atoms with Crippen LogP contribution in [-0.2, 0) is 4.84 Å². The lowest BCUT2D eigenvalue weighted by Gasteiger charge is -2.20. The Hall–Kier alpha value is -0.900. The van der Waals surface area contributed by atoms with Crippen LogP contribution in [0, 0.1) is 5.92 Å². The molecule has 0 saturated carbocycles. The summed E-state index contributed by atoms with van der Waals surface area (Å²) < 4.78 is 13.2. The van der Waals surface area contributed by atoms with E-state index in [2.05, 4.69) is 14.9 Å². The SMILES string of the molecule is CON=C(F)C1=CC2CCN(C1)C2. The van der Waals surface area contributed by atoms with Gasteiger partial charge in [0, 0.05) is 18.7 Å². The summed E-state index contributed by atoms with van der Waals surface area (Å²) >= 11 is 0. The molecule has 2 aliphatic rings. The zero-order chi connectivity index (χ0) is 9.26. The largest absolute Gasteiger partial charge is 0.397 e. The minimum Gasteiger partial charge on any atom is -0.397 e. The molecular weight excluding hydrogens is 171 g/mol. The smallest absolute Gasteiger partial charge is 0.253 e. The standard InChI is InChI=1S/C9H13FN2O/c1-13-11-9(10)8-4-7-2-3-12(5-7)6-8/h4,7H,2-3,5-6H2,1H3. The highest BCUT2D eigenvalue weighted by molar-refractivity contribution is 5.92. The van der Waals surface area contributed by atoms with Gasteiger partial charge in [-0.2, -0.15) is 4.39 Å². The van der Waals surface area contributed by atoms with Crippen LogP contribution in [0.25, 0.3) is 0 Å². The Labute approximate surface area is 76.8 Å². The molecule has 1 fully saturated rings. The van der Waals surface area contributed by atoms with E-state index in [1.54, 1.807) is 0 Å². The molecule has 1 saturated heterocycles. The first-order valence-electron chi connectivity index (χ1n) is 4.49. The summed E-state index contributed by atoms with van der Waals surface area (Å²) in [5, 5.41) is 3.30. The lowest BCUT2D eigenvalue weighted by Crippen LogP contribution is -2.28. The van der Waals surface area contributed by atoms with Crippen molar-refractivity contribution in [2.45, 2.75) is 6.42 Å². The first-order valence-corrected chi connectivity index (χ1v) is 4.49. The molecule has 0 spiro atoms. The van der Waals surface area contributed by atoms with Crippen molar-refractivity contribution in [1.29, 1.82) is 0 Å². The monoisotopic (exact) mass is 184 g/mol. The van der Waals surface area contributed by atoms with Gasteiger partial charge in [0.2, 0.25) is 0 Å². The van der Waals surface area contributed by atoms with Crippen molar-refractivity contribution in [1.82, 2.24) is 4.90 Å². The molecule has 0 aliphatic carbocycles. The third-order valence-corrected chi connectivity index (χ3v) is 2.58. The molecule has 2 atom stereocenters. The molecule has 2 unspecified atom stereocenters. The van der Waals surface area contributed by atoms with Crippen LogP contribution < -0.4 is 0 Å². The number of fused-ring (bicyclic) bond motifs is 2. The number of halogens is 1. The summed E-state index contributed by atoms with van der Waals surface area (Å²) in [5.41, 5.74) is 0.676. The van der Waals surface area contributed by atoms with Gasteiger partial charge in [0.15, 0.2) is 0 Å². The van der Waals surface area contributed by atoms with Crippen molar-refractivity contribution in [3.8, 4) is 0 Å². The lowest BCUT2D eigenvalue weighted by atomic mass is 10.0. The average Bonchev–Trinajstić information content (AvgIpc) is 2.46. The maximum absolute atomic E-state index is 13.2. The predicted octanol–water partition coefficient (Wildman–Crippen LogP) is 1.18. The lowest BCUT2D eigenvalue weighted by molar-refractivity contribution is 0.208. The molecule has 0 amide bonds. The molecule has 0 aromatic carbocycles. The highest BCUT2D eigenvalue weighted by Crippen LogP contribution is 2.25. The fourth-order valence-corrected chi connectivity index (χ4v) is 1.99. The van der Waals surface area contributed by atoms with Gasteiger partial charge in [0.25, 0.3) is 5.97 Å². The Balaban J connectivity index is 2.12. The van der Waals surface area contributed by atoms with Crippen LogP contribution in [0.2, 0.25) is 0 Å². The van der Waals surface area contributed by atoms with E-state index in [-0.39, 0.29) is 0 Å². The van der Waals surface area contributed by atoms with Crippen molar-refractivity contribution in [3.63, 3.8) is 0 Å². The molecule has 0 aromatic heterocycles. The number of rotatable bonds is 2. The molecular formula is C9H13FN2O. The molecule has 0 N–H and O–H groups in total. The molecule has 2 aliphatic heterocycles. The first kappa shape index (κ1) is 8.69. The summed E-state index contributed by atoms with van der Waals surface area (Å²) in [6.07, 6.45) is 3.13. The Morgan fingerprint density at radius 2 is 2.62 bits per heavy atom. The maximum Gasteiger partial charge on any atom is 0.253 e. The quantitative estimate of drug-likeness (QED) is 0.475. The van der Waals surface area contributed by atoms with Crippen molar-refractivity contribution in [3.05, 3.63) is 11.6 Å². The molecule has 2 rings (SSSR count). The fourth-order valence-electron chi connectivity index (χ4n) is 1.99. The highest BCUT2D eigenvalue weighted by Gasteiger charge is 2.28. The van der Waals surface area contributed by atoms with Crippen molar-refractivity contribution in [2.75, 3.05) is 26.7 Å². The second-order valence-corrected chi connectivity index (χ2v) is 3.54. The van der Waals surface area contributed by atoms with E-state index in [1.165, 1.54) is 7.11 Å². The van der Waals surface area contributed by atoms with Crippen LogP contribution in [0.15, 0.2) is 16.8 Å². The molecule has 3 nitrogen and oxygen atoms in total. The van der Waals surface area contributed by atoms with Crippen molar-refractivity contribution < 1.29 is 9.23 Å². The van der Waals surface area contributed by atoms with Gasteiger partial charge in [0.05, 0.1) is 0 Å². The first-order chi connectivity index (χ1) is 6.29. The van der Waals surface area contributed by atoms with Gasteiger partial charge < -0.3 is 4.84 Å². The number of oxime groups is 1. The molecule has 0 aromatic rings. The molecule has 4 heteroatoms. The predicted molar refractivity (Wildman–Crippen MR) is 48.2 cm³/mol. The number of hydrogen-bond acceptors (Lipinski definition) is 3. The second kappa shape index (κ2) is 3.46. The minimum atomic E-state index is -0.473. The van der Waals surface area contributed by atoms with Gasteiger partial charge >= 0.3 is 0 Å². The summed E-state index contributed by atoms with van der Waals surface area (Å²) in [5.74, 6) is 0.0423. The van der Waals surface area contributed by atoms with Crippen LogP contribution in [0.4, 0.5) is 4.39 Å². The summed E-state index contributed by atoms with van der Waals surface area (Å²) in [4.78, 5) is 6.64. The van der Waals surface area contributed by atoms with E-state index >= 15 is 0 Å². The average molecular weight is 184 g/mol.